The largest absolute Gasteiger partial charge is 0.493 e. The van der Waals surface area contributed by atoms with E-state index in [0.29, 0.717) is 43.7 Å². The van der Waals surface area contributed by atoms with Crippen molar-refractivity contribution in [3.63, 3.8) is 0 Å². The highest BCUT2D eigenvalue weighted by atomic mass is 16.5. The molecule has 3 heterocycles. The number of ether oxygens (including phenoxy) is 2. The molecule has 4 bridgehead atoms. The van der Waals surface area contributed by atoms with Crippen molar-refractivity contribution in [2.24, 2.45) is 0 Å². The number of nitrogens with one attached hydrogen (secondary N) is 2. The lowest BCUT2D eigenvalue weighted by Gasteiger charge is -2.34. The number of carbonyl (C=O) groups is 2. The summed E-state index contributed by atoms with van der Waals surface area (Å²) in [5, 5.41) is 16.2. The quantitative estimate of drug-likeness (QED) is 0.576. The molecule has 0 unspecified atom stereocenters. The number of carbonyl (C=O) groups excluding carboxylic acids is 2. The summed E-state index contributed by atoms with van der Waals surface area (Å²) < 4.78 is 11.9. The Morgan fingerprint density at radius 1 is 1.17 bits per heavy atom. The number of hydrogen-bond donors (Lipinski definition) is 3. The molecule has 2 fully saturated rings. The Kier molecular flexibility index (Phi) is 6.03. The van der Waals surface area contributed by atoms with Gasteiger partial charge in [-0.3, -0.25) is 14.5 Å². The fourth-order valence-corrected chi connectivity index (χ4v) is 4.42. The number of likely N-dealkylation sites (N-methyl/N-ethyl adjacent to an activating group) is 1. The number of hydrogen-bond acceptors (Lipinski definition) is 6. The Morgan fingerprint density at radius 3 is 2.86 bits per heavy atom. The summed E-state index contributed by atoms with van der Waals surface area (Å²) in [4.78, 5) is 27.5. The van der Waals surface area contributed by atoms with Gasteiger partial charge in [0, 0.05) is 25.6 Å². The lowest BCUT2D eigenvalue weighted by molar-refractivity contribution is -0.133. The van der Waals surface area contributed by atoms with E-state index in [1.807, 2.05) is 24.1 Å². The summed E-state index contributed by atoms with van der Waals surface area (Å²) >= 11 is 0. The molecular weight excluding hydrogens is 374 g/mol. The van der Waals surface area contributed by atoms with E-state index in [4.69, 9.17) is 9.47 Å². The molecule has 3 aliphatic rings. The van der Waals surface area contributed by atoms with Crippen LogP contribution in [0.5, 0.6) is 5.75 Å². The van der Waals surface area contributed by atoms with Crippen molar-refractivity contribution in [2.45, 2.75) is 56.1 Å². The number of benzene rings is 1. The molecule has 0 saturated carbocycles. The SMILES string of the molecule is CN1C[C@@H]2C[C@H]1C(=O)NC[C@H]1O[C@H](CCOc3ccccc3C(=O)N2)CC[C@@H]1O. The summed E-state index contributed by atoms with van der Waals surface area (Å²) in [7, 11) is 1.88. The van der Waals surface area contributed by atoms with Gasteiger partial charge >= 0.3 is 0 Å². The third kappa shape index (κ3) is 4.55. The van der Waals surface area contributed by atoms with Gasteiger partial charge in [-0.25, -0.2) is 0 Å². The highest BCUT2D eigenvalue weighted by Gasteiger charge is 2.37. The minimum Gasteiger partial charge on any atom is -0.493 e. The van der Waals surface area contributed by atoms with Crippen molar-refractivity contribution >= 4 is 11.8 Å². The molecule has 0 aromatic heterocycles. The zero-order chi connectivity index (χ0) is 20.4. The van der Waals surface area contributed by atoms with E-state index in [-0.39, 0.29) is 36.5 Å². The van der Waals surface area contributed by atoms with E-state index in [1.165, 1.54) is 0 Å². The molecule has 158 valence electrons. The van der Waals surface area contributed by atoms with Gasteiger partial charge in [-0.1, -0.05) is 12.1 Å². The Hall–Kier alpha value is -2.16. The first-order valence-electron chi connectivity index (χ1n) is 10.4. The maximum absolute atomic E-state index is 12.8. The van der Waals surface area contributed by atoms with Crippen LogP contribution in [0.3, 0.4) is 0 Å². The third-order valence-corrected chi connectivity index (χ3v) is 6.07. The van der Waals surface area contributed by atoms with E-state index in [0.717, 1.165) is 6.42 Å². The molecule has 29 heavy (non-hydrogen) atoms. The topological polar surface area (TPSA) is 100 Å². The Bertz CT molecular complexity index is 758. The van der Waals surface area contributed by atoms with Gasteiger partial charge in [0.05, 0.1) is 30.4 Å². The van der Waals surface area contributed by atoms with Gasteiger partial charge in [0.25, 0.3) is 5.91 Å². The van der Waals surface area contributed by atoms with Crippen LogP contribution in [0.25, 0.3) is 0 Å². The van der Waals surface area contributed by atoms with Crippen molar-refractivity contribution in [1.82, 2.24) is 15.5 Å². The predicted molar refractivity (Wildman–Crippen MR) is 106 cm³/mol. The van der Waals surface area contributed by atoms with Gasteiger partial charge in [-0.05, 0) is 38.4 Å². The molecule has 4 rings (SSSR count). The smallest absolute Gasteiger partial charge is 0.255 e. The van der Waals surface area contributed by atoms with Crippen molar-refractivity contribution in [2.75, 3.05) is 26.7 Å². The van der Waals surface area contributed by atoms with Crippen LogP contribution in [0.2, 0.25) is 0 Å². The van der Waals surface area contributed by atoms with Gasteiger partial charge in [-0.15, -0.1) is 0 Å². The van der Waals surface area contributed by atoms with Crippen molar-refractivity contribution in [3.8, 4) is 5.75 Å². The Balaban J connectivity index is 1.55. The van der Waals surface area contributed by atoms with Crippen LogP contribution in [0, 0.1) is 0 Å². The molecule has 8 nitrogen and oxygen atoms in total. The molecule has 2 amide bonds. The van der Waals surface area contributed by atoms with Crippen molar-refractivity contribution in [1.29, 1.82) is 0 Å². The predicted octanol–water partition coefficient (Wildman–Crippen LogP) is 0.296. The average Bonchev–Trinajstić information content (AvgIpc) is 3.07. The first kappa shape index (κ1) is 20.1. The van der Waals surface area contributed by atoms with Crippen molar-refractivity contribution < 1.29 is 24.2 Å². The first-order valence-corrected chi connectivity index (χ1v) is 10.4. The minimum atomic E-state index is -0.583. The maximum Gasteiger partial charge on any atom is 0.255 e. The molecular formula is C21H29N3O5. The second kappa shape index (κ2) is 8.69. The van der Waals surface area contributed by atoms with Crippen molar-refractivity contribution in [3.05, 3.63) is 29.8 Å². The minimum absolute atomic E-state index is 0.0484. The molecule has 0 aliphatic carbocycles. The lowest BCUT2D eigenvalue weighted by atomic mass is 9.99. The number of nitrogens with zero attached hydrogens (tertiary/aromatic N) is 1. The van der Waals surface area contributed by atoms with E-state index in [9.17, 15) is 14.7 Å². The highest BCUT2D eigenvalue weighted by molar-refractivity contribution is 5.97. The summed E-state index contributed by atoms with van der Waals surface area (Å²) in [5.74, 6) is 0.257. The monoisotopic (exact) mass is 403 g/mol. The lowest BCUT2D eigenvalue weighted by Crippen LogP contribution is -2.49. The van der Waals surface area contributed by atoms with Crippen LogP contribution >= 0.6 is 0 Å². The zero-order valence-electron chi connectivity index (χ0n) is 16.7. The summed E-state index contributed by atoms with van der Waals surface area (Å²) in [5.41, 5.74) is 0.494. The molecule has 3 aliphatic heterocycles. The van der Waals surface area contributed by atoms with E-state index < -0.39 is 12.2 Å². The van der Waals surface area contributed by atoms with E-state index in [2.05, 4.69) is 10.6 Å². The van der Waals surface area contributed by atoms with Gasteiger partial charge < -0.3 is 25.2 Å². The summed E-state index contributed by atoms with van der Waals surface area (Å²) in [6, 6.07) is 6.76. The van der Waals surface area contributed by atoms with Gasteiger partial charge in [0.1, 0.15) is 11.9 Å². The van der Waals surface area contributed by atoms with Crippen LogP contribution in [-0.4, -0.2) is 79.0 Å². The molecule has 3 N–H and O–H groups in total. The summed E-state index contributed by atoms with van der Waals surface area (Å²) in [6.07, 6.45) is 1.52. The fraction of sp³-hybridized carbons (Fsp3) is 0.619. The van der Waals surface area contributed by atoms with Crippen LogP contribution in [0.1, 0.15) is 36.0 Å². The van der Waals surface area contributed by atoms with Crippen LogP contribution < -0.4 is 15.4 Å². The van der Waals surface area contributed by atoms with Crippen LogP contribution in [0.15, 0.2) is 24.3 Å². The van der Waals surface area contributed by atoms with Gasteiger partial charge in [0.2, 0.25) is 5.91 Å². The molecule has 5 atom stereocenters. The zero-order valence-corrected chi connectivity index (χ0v) is 16.7. The Labute approximate surface area is 170 Å². The standard InChI is InChI=1S/C21H29N3O5/c1-24-12-13-10-16(24)21(27)22-11-19-17(25)7-6-14(29-19)8-9-28-18-5-3-2-4-15(18)20(26)23-13/h2-5,13-14,16-17,19,25H,6-12H2,1H3,(H,22,27)(H,23,26)/t13-,14-,16-,17-,19+/m0/s1. The van der Waals surface area contributed by atoms with Crippen LogP contribution in [-0.2, 0) is 9.53 Å². The highest BCUT2D eigenvalue weighted by Crippen LogP contribution is 2.25. The number of likely N-dealkylation sites (tertiary alicyclic amines) is 1. The van der Waals surface area contributed by atoms with Crippen LogP contribution in [0.4, 0.5) is 0 Å². The number of amides is 2. The average molecular weight is 403 g/mol. The molecule has 0 spiro atoms. The molecule has 2 saturated heterocycles. The van der Waals surface area contributed by atoms with E-state index >= 15 is 0 Å². The normalized spacial score (nSPS) is 33.9. The molecule has 8 heteroatoms. The van der Waals surface area contributed by atoms with Gasteiger partial charge in [-0.2, -0.15) is 0 Å². The number of aliphatic hydroxyl groups excluding tert-OH is 1. The number of fused-ring (bicyclic) bond motifs is 5. The first-order chi connectivity index (χ1) is 14.0. The maximum atomic E-state index is 12.8. The van der Waals surface area contributed by atoms with E-state index in [1.54, 1.807) is 12.1 Å². The number of aliphatic hydroxyl groups is 1. The number of rotatable bonds is 0. The molecule has 1 aromatic carbocycles. The molecule has 1 aromatic rings. The number of para-hydroxylation sites is 1. The third-order valence-electron chi connectivity index (χ3n) is 6.07. The second-order valence-corrected chi connectivity index (χ2v) is 8.18. The molecule has 0 radical (unpaired) electrons. The second-order valence-electron chi connectivity index (χ2n) is 8.18. The summed E-state index contributed by atoms with van der Waals surface area (Å²) in [6.45, 7) is 1.29. The van der Waals surface area contributed by atoms with Gasteiger partial charge in [0.15, 0.2) is 0 Å². The Morgan fingerprint density at radius 2 is 2.00 bits per heavy atom. The fourth-order valence-electron chi connectivity index (χ4n) is 4.42.